The number of fused-ring (bicyclic) bond motifs is 3. The van der Waals surface area contributed by atoms with Gasteiger partial charge in [0.05, 0.1) is 11.5 Å². The van der Waals surface area contributed by atoms with E-state index in [1.54, 1.807) is 0 Å². The summed E-state index contributed by atoms with van der Waals surface area (Å²) in [5.74, 6) is -0.709. The van der Waals surface area contributed by atoms with Crippen molar-refractivity contribution >= 4 is 23.2 Å². The number of rotatable bonds is 4. The Hall–Kier alpha value is -2.24. The van der Waals surface area contributed by atoms with Crippen molar-refractivity contribution in [3.05, 3.63) is 59.7 Å². The first-order valence-corrected chi connectivity index (χ1v) is 9.65. The predicted molar refractivity (Wildman–Crippen MR) is 109 cm³/mol. The molecule has 2 aromatic rings. The summed E-state index contributed by atoms with van der Waals surface area (Å²) in [6.07, 6.45) is 0.629. The first-order chi connectivity index (χ1) is 12.9. The van der Waals surface area contributed by atoms with Gasteiger partial charge in [0.1, 0.15) is 6.61 Å². The first kappa shape index (κ1) is 18.1. The minimum atomic E-state index is -0.849. The molecule has 1 saturated heterocycles. The summed E-state index contributed by atoms with van der Waals surface area (Å²) in [4.78, 5) is 14.8. The Bertz CT molecular complexity index is 866. The van der Waals surface area contributed by atoms with Gasteiger partial charge >= 0.3 is 5.97 Å². The van der Waals surface area contributed by atoms with Crippen LogP contribution in [0.1, 0.15) is 30.4 Å². The van der Waals surface area contributed by atoms with Gasteiger partial charge in [-0.3, -0.25) is 9.69 Å². The van der Waals surface area contributed by atoms with Crippen LogP contribution in [-0.2, 0) is 9.53 Å². The van der Waals surface area contributed by atoms with Crippen LogP contribution in [-0.4, -0.2) is 46.8 Å². The molecule has 1 unspecified atom stereocenters. The summed E-state index contributed by atoms with van der Waals surface area (Å²) < 4.78 is 5.78. The van der Waals surface area contributed by atoms with Crippen LogP contribution in [0.2, 0.25) is 0 Å². The number of carbonyl (C=O) groups excluding carboxylic acids is 1. The fraction of sp³-hybridized carbons (Fsp3) is 0.364. The number of thiocarbonyl (C=S) groups is 1. The molecule has 4 nitrogen and oxygen atoms in total. The Balaban J connectivity index is 1.56. The van der Waals surface area contributed by atoms with Crippen molar-refractivity contribution in [3.8, 4) is 11.1 Å². The topological polar surface area (TPSA) is 49.8 Å². The molecule has 2 aliphatic rings. The third-order valence-electron chi connectivity index (χ3n) is 6.30. The van der Waals surface area contributed by atoms with E-state index in [1.165, 1.54) is 22.3 Å². The Kier molecular flexibility index (Phi) is 4.52. The molecule has 1 heterocycles. The monoisotopic (exact) mass is 381 g/mol. The van der Waals surface area contributed by atoms with Crippen LogP contribution in [0.3, 0.4) is 0 Å². The van der Waals surface area contributed by atoms with Gasteiger partial charge in [0, 0.05) is 5.92 Å². The van der Waals surface area contributed by atoms with Gasteiger partial charge in [-0.25, -0.2) is 0 Å². The molecule has 0 radical (unpaired) electrons. The van der Waals surface area contributed by atoms with E-state index in [0.717, 1.165) is 0 Å². The second-order valence-electron chi connectivity index (χ2n) is 7.57. The molecule has 4 rings (SSSR count). The number of benzene rings is 2. The van der Waals surface area contributed by atoms with E-state index in [4.69, 9.17) is 17.0 Å². The molecule has 140 valence electrons. The van der Waals surface area contributed by atoms with Gasteiger partial charge in [-0.05, 0) is 61.4 Å². The number of ether oxygens (including phenoxy) is 1. The number of aliphatic hydroxyl groups excluding tert-OH is 1. The van der Waals surface area contributed by atoms with Crippen molar-refractivity contribution in [2.24, 2.45) is 5.92 Å². The lowest BCUT2D eigenvalue weighted by atomic mass is 9.87. The maximum absolute atomic E-state index is 12.9. The average molecular weight is 381 g/mol. The normalized spacial score (nSPS) is 24.4. The SMILES string of the molecule is CN1CCC(C(=O)OCC2c3ccccc3-c3ccccc32)[C@@]1(C)C(O)=S. The second-order valence-corrected chi connectivity index (χ2v) is 7.96. The number of esters is 1. The number of carbonyl (C=O) groups is 1. The third kappa shape index (κ3) is 2.77. The minimum Gasteiger partial charge on any atom is -0.501 e. The van der Waals surface area contributed by atoms with Gasteiger partial charge in [-0.15, -0.1) is 0 Å². The van der Waals surface area contributed by atoms with E-state index < -0.39 is 11.5 Å². The number of nitrogens with zero attached hydrogens (tertiary/aromatic N) is 1. The molecule has 0 aromatic heterocycles. The second kappa shape index (κ2) is 6.73. The third-order valence-corrected chi connectivity index (χ3v) is 6.71. The fourth-order valence-corrected chi connectivity index (χ4v) is 4.77. The first-order valence-electron chi connectivity index (χ1n) is 9.24. The molecule has 0 spiro atoms. The lowest BCUT2D eigenvalue weighted by Gasteiger charge is -2.34. The highest BCUT2D eigenvalue weighted by atomic mass is 32.1. The Morgan fingerprint density at radius 1 is 1.19 bits per heavy atom. The number of hydrogen-bond acceptors (Lipinski definition) is 4. The Morgan fingerprint density at radius 2 is 1.74 bits per heavy atom. The van der Waals surface area contributed by atoms with Crippen LogP contribution in [0.25, 0.3) is 11.1 Å². The maximum atomic E-state index is 12.9. The molecular weight excluding hydrogens is 358 g/mol. The van der Waals surface area contributed by atoms with Gasteiger partial charge in [0.25, 0.3) is 0 Å². The van der Waals surface area contributed by atoms with E-state index in [1.807, 2.05) is 43.1 Å². The molecule has 0 bridgehead atoms. The zero-order valence-corrected chi connectivity index (χ0v) is 16.3. The highest BCUT2D eigenvalue weighted by molar-refractivity contribution is 7.80. The zero-order valence-electron chi connectivity index (χ0n) is 15.5. The van der Waals surface area contributed by atoms with Crippen LogP contribution in [0.5, 0.6) is 0 Å². The summed E-state index contributed by atoms with van der Waals surface area (Å²) in [7, 11) is 1.87. The number of aliphatic hydroxyl groups is 1. The van der Waals surface area contributed by atoms with Gasteiger partial charge in [-0.1, -0.05) is 48.5 Å². The molecule has 1 aliphatic heterocycles. The zero-order chi connectivity index (χ0) is 19.2. The van der Waals surface area contributed by atoms with Gasteiger partial charge in [-0.2, -0.15) is 0 Å². The maximum Gasteiger partial charge on any atom is 0.311 e. The number of hydrogen-bond donors (Lipinski definition) is 1. The van der Waals surface area contributed by atoms with E-state index in [9.17, 15) is 9.90 Å². The fourth-order valence-electron chi connectivity index (χ4n) is 4.47. The quantitative estimate of drug-likeness (QED) is 0.642. The summed E-state index contributed by atoms with van der Waals surface area (Å²) >= 11 is 5.04. The largest absolute Gasteiger partial charge is 0.501 e. The van der Waals surface area contributed by atoms with E-state index in [2.05, 4.69) is 24.3 Å². The van der Waals surface area contributed by atoms with E-state index >= 15 is 0 Å². The highest BCUT2D eigenvalue weighted by Crippen LogP contribution is 2.45. The van der Waals surface area contributed by atoms with Gasteiger partial charge in [0.15, 0.2) is 5.05 Å². The summed E-state index contributed by atoms with van der Waals surface area (Å²) in [6.45, 7) is 2.81. The van der Waals surface area contributed by atoms with Crippen molar-refractivity contribution in [1.29, 1.82) is 0 Å². The molecule has 1 aliphatic carbocycles. The average Bonchev–Trinajstić information content (AvgIpc) is 3.16. The minimum absolute atomic E-state index is 0.0350. The lowest BCUT2D eigenvalue weighted by Crippen LogP contribution is -2.52. The number of likely N-dealkylation sites (N-methyl/N-ethyl adjacent to an activating group) is 1. The molecule has 2 aromatic carbocycles. The molecular formula is C22H23NO3S. The Morgan fingerprint density at radius 3 is 2.30 bits per heavy atom. The molecule has 5 heteroatoms. The van der Waals surface area contributed by atoms with Crippen molar-refractivity contribution < 1.29 is 14.6 Å². The highest BCUT2D eigenvalue weighted by Gasteiger charge is 2.51. The van der Waals surface area contributed by atoms with Crippen molar-refractivity contribution in [2.45, 2.75) is 24.8 Å². The molecule has 1 N–H and O–H groups in total. The van der Waals surface area contributed by atoms with Crippen molar-refractivity contribution in [1.82, 2.24) is 4.90 Å². The van der Waals surface area contributed by atoms with Crippen molar-refractivity contribution in [2.75, 3.05) is 20.2 Å². The summed E-state index contributed by atoms with van der Waals surface area (Å²) in [6, 6.07) is 16.5. The Labute approximate surface area is 164 Å². The molecule has 2 atom stereocenters. The molecule has 0 saturated carbocycles. The lowest BCUT2D eigenvalue weighted by molar-refractivity contribution is -0.150. The molecule has 27 heavy (non-hydrogen) atoms. The standard InChI is InChI=1S/C22H23NO3S/c1-22(21(25)27)19(11-12-23(22)2)20(24)26-13-18-16-9-5-3-7-14(16)15-8-4-6-10-17(15)18/h3-10,18-19H,11-13H2,1-2H3,(H,25,27)/t19?,22-/m0/s1. The van der Waals surface area contributed by atoms with Crippen molar-refractivity contribution in [3.63, 3.8) is 0 Å². The summed E-state index contributed by atoms with van der Waals surface area (Å²) in [5, 5.41) is 9.87. The van der Waals surface area contributed by atoms with E-state index in [-0.39, 0.29) is 16.9 Å². The van der Waals surface area contributed by atoms with Crippen LogP contribution in [0.4, 0.5) is 0 Å². The molecule has 1 fully saturated rings. The molecule has 0 amide bonds. The van der Waals surface area contributed by atoms with Crippen LogP contribution in [0.15, 0.2) is 48.5 Å². The number of likely N-dealkylation sites (tertiary alicyclic amines) is 1. The van der Waals surface area contributed by atoms with Crippen LogP contribution < -0.4 is 0 Å². The van der Waals surface area contributed by atoms with Gasteiger partial charge in [0.2, 0.25) is 0 Å². The van der Waals surface area contributed by atoms with Gasteiger partial charge < -0.3 is 9.84 Å². The van der Waals surface area contributed by atoms with Crippen LogP contribution >= 0.6 is 12.2 Å². The summed E-state index contributed by atoms with van der Waals surface area (Å²) in [5.41, 5.74) is 3.94. The predicted octanol–water partition coefficient (Wildman–Crippen LogP) is 3.94. The smallest absolute Gasteiger partial charge is 0.311 e. The van der Waals surface area contributed by atoms with Crippen LogP contribution in [0, 0.1) is 5.92 Å². The van der Waals surface area contributed by atoms with E-state index in [0.29, 0.717) is 19.6 Å².